The molecule has 0 aliphatic carbocycles. The highest BCUT2D eigenvalue weighted by atomic mass is 35.5. The van der Waals surface area contributed by atoms with E-state index in [9.17, 15) is 4.39 Å². The Bertz CT molecular complexity index is 399. The number of halogens is 2. The van der Waals surface area contributed by atoms with E-state index in [4.69, 9.17) is 16.3 Å². The maximum atomic E-state index is 13.1. The van der Waals surface area contributed by atoms with Crippen LogP contribution in [0.1, 0.15) is 31.4 Å². The second kappa shape index (κ2) is 6.50. The SMILES string of the molecule is CCCNCC1CCOC1c1ccc(F)c(Cl)c1. The molecule has 1 aromatic carbocycles. The van der Waals surface area contributed by atoms with E-state index in [-0.39, 0.29) is 16.9 Å². The Morgan fingerprint density at radius 2 is 2.33 bits per heavy atom. The first-order chi connectivity index (χ1) is 8.72. The second-order valence-electron chi connectivity index (χ2n) is 4.72. The van der Waals surface area contributed by atoms with Gasteiger partial charge in [-0.25, -0.2) is 4.39 Å². The van der Waals surface area contributed by atoms with Crippen molar-refractivity contribution in [2.24, 2.45) is 5.92 Å². The van der Waals surface area contributed by atoms with Crippen molar-refractivity contribution in [3.8, 4) is 0 Å². The Balaban J connectivity index is 2.03. The molecule has 0 spiro atoms. The van der Waals surface area contributed by atoms with E-state index in [0.29, 0.717) is 5.92 Å². The summed E-state index contributed by atoms with van der Waals surface area (Å²) >= 11 is 5.82. The van der Waals surface area contributed by atoms with Gasteiger partial charge in [-0.1, -0.05) is 24.6 Å². The molecule has 0 radical (unpaired) electrons. The molecule has 2 nitrogen and oxygen atoms in total. The molecule has 0 saturated carbocycles. The molecule has 1 fully saturated rings. The summed E-state index contributed by atoms with van der Waals surface area (Å²) in [4.78, 5) is 0. The van der Waals surface area contributed by atoms with Crippen LogP contribution in [0, 0.1) is 11.7 Å². The van der Waals surface area contributed by atoms with Gasteiger partial charge in [-0.2, -0.15) is 0 Å². The van der Waals surface area contributed by atoms with Gasteiger partial charge in [-0.15, -0.1) is 0 Å². The molecule has 2 rings (SSSR count). The van der Waals surface area contributed by atoms with E-state index in [0.717, 1.165) is 38.1 Å². The van der Waals surface area contributed by atoms with Crippen LogP contribution in [0.15, 0.2) is 18.2 Å². The number of nitrogens with one attached hydrogen (secondary N) is 1. The molecule has 1 aromatic rings. The molecule has 2 atom stereocenters. The Hall–Kier alpha value is -0.640. The zero-order chi connectivity index (χ0) is 13.0. The molecular weight excluding hydrogens is 253 g/mol. The van der Waals surface area contributed by atoms with Crippen LogP contribution in [0.2, 0.25) is 5.02 Å². The average Bonchev–Trinajstić information content (AvgIpc) is 2.81. The van der Waals surface area contributed by atoms with Crippen molar-refractivity contribution in [3.63, 3.8) is 0 Å². The highest BCUT2D eigenvalue weighted by Crippen LogP contribution is 2.35. The van der Waals surface area contributed by atoms with Crippen LogP contribution in [0.3, 0.4) is 0 Å². The van der Waals surface area contributed by atoms with Crippen LogP contribution in [-0.4, -0.2) is 19.7 Å². The smallest absolute Gasteiger partial charge is 0.141 e. The standard InChI is InChI=1S/C14H19ClFNO/c1-2-6-17-9-11-5-7-18-14(11)10-3-4-13(16)12(15)8-10/h3-4,8,11,14,17H,2,5-7,9H2,1H3. The van der Waals surface area contributed by atoms with E-state index in [2.05, 4.69) is 12.2 Å². The molecule has 0 aromatic heterocycles. The number of hydrogen-bond donors (Lipinski definition) is 1. The summed E-state index contributed by atoms with van der Waals surface area (Å²) < 4.78 is 18.9. The van der Waals surface area contributed by atoms with Gasteiger partial charge in [0, 0.05) is 19.1 Å². The van der Waals surface area contributed by atoms with Crippen molar-refractivity contribution >= 4 is 11.6 Å². The van der Waals surface area contributed by atoms with E-state index < -0.39 is 0 Å². The molecule has 4 heteroatoms. The van der Waals surface area contributed by atoms with Gasteiger partial charge in [0.25, 0.3) is 0 Å². The fourth-order valence-electron chi connectivity index (χ4n) is 2.36. The molecule has 2 unspecified atom stereocenters. The lowest BCUT2D eigenvalue weighted by Crippen LogP contribution is -2.25. The van der Waals surface area contributed by atoms with Gasteiger partial charge in [-0.3, -0.25) is 0 Å². The van der Waals surface area contributed by atoms with Gasteiger partial charge in [0.15, 0.2) is 0 Å². The third-order valence-electron chi connectivity index (χ3n) is 3.32. The van der Waals surface area contributed by atoms with Crippen molar-refractivity contribution in [2.75, 3.05) is 19.7 Å². The molecule has 1 aliphatic heterocycles. The molecule has 1 N–H and O–H groups in total. The van der Waals surface area contributed by atoms with Gasteiger partial charge < -0.3 is 10.1 Å². The van der Waals surface area contributed by atoms with Gasteiger partial charge in [0.05, 0.1) is 11.1 Å². The fraction of sp³-hybridized carbons (Fsp3) is 0.571. The Morgan fingerprint density at radius 1 is 1.50 bits per heavy atom. The van der Waals surface area contributed by atoms with Crippen molar-refractivity contribution in [1.29, 1.82) is 0 Å². The number of benzene rings is 1. The lowest BCUT2D eigenvalue weighted by Gasteiger charge is -2.19. The third kappa shape index (κ3) is 3.22. The Kier molecular flexibility index (Phi) is 4.98. The van der Waals surface area contributed by atoms with Crippen molar-refractivity contribution in [3.05, 3.63) is 34.6 Å². The van der Waals surface area contributed by atoms with E-state index in [1.165, 1.54) is 6.07 Å². The quantitative estimate of drug-likeness (QED) is 0.827. The van der Waals surface area contributed by atoms with Crippen LogP contribution in [-0.2, 0) is 4.74 Å². The molecule has 1 heterocycles. The fourth-order valence-corrected chi connectivity index (χ4v) is 2.55. The average molecular weight is 272 g/mol. The van der Waals surface area contributed by atoms with Crippen LogP contribution < -0.4 is 5.32 Å². The molecule has 100 valence electrons. The van der Waals surface area contributed by atoms with Gasteiger partial charge in [0.2, 0.25) is 0 Å². The zero-order valence-corrected chi connectivity index (χ0v) is 11.3. The summed E-state index contributed by atoms with van der Waals surface area (Å²) in [7, 11) is 0. The lowest BCUT2D eigenvalue weighted by molar-refractivity contribution is 0.0905. The molecule has 18 heavy (non-hydrogen) atoms. The predicted molar refractivity (Wildman–Crippen MR) is 71.4 cm³/mol. The second-order valence-corrected chi connectivity index (χ2v) is 5.13. The van der Waals surface area contributed by atoms with E-state index >= 15 is 0 Å². The predicted octanol–water partition coefficient (Wildman–Crippen LogP) is 3.56. The Labute approximate surface area is 112 Å². The molecule has 1 aliphatic rings. The summed E-state index contributed by atoms with van der Waals surface area (Å²) in [6, 6.07) is 4.86. The van der Waals surface area contributed by atoms with E-state index in [1.807, 2.05) is 0 Å². The summed E-state index contributed by atoms with van der Waals surface area (Å²) in [5, 5.41) is 3.59. The van der Waals surface area contributed by atoms with Crippen molar-refractivity contribution < 1.29 is 9.13 Å². The molecule has 1 saturated heterocycles. The summed E-state index contributed by atoms with van der Waals surface area (Å²) in [6.07, 6.45) is 2.20. The first-order valence-corrected chi connectivity index (χ1v) is 6.87. The monoisotopic (exact) mass is 271 g/mol. The molecule has 0 amide bonds. The third-order valence-corrected chi connectivity index (χ3v) is 3.61. The highest BCUT2D eigenvalue weighted by Gasteiger charge is 2.29. The van der Waals surface area contributed by atoms with Crippen molar-refractivity contribution in [2.45, 2.75) is 25.9 Å². The topological polar surface area (TPSA) is 21.3 Å². The zero-order valence-electron chi connectivity index (χ0n) is 10.6. The molecule has 0 bridgehead atoms. The largest absolute Gasteiger partial charge is 0.373 e. The lowest BCUT2D eigenvalue weighted by atomic mass is 9.95. The number of ether oxygens (including phenoxy) is 1. The number of hydrogen-bond acceptors (Lipinski definition) is 2. The minimum absolute atomic E-state index is 0.0347. The Morgan fingerprint density at radius 3 is 3.06 bits per heavy atom. The van der Waals surface area contributed by atoms with Crippen LogP contribution in [0.5, 0.6) is 0 Å². The first kappa shape index (κ1) is 13.8. The van der Waals surface area contributed by atoms with Crippen molar-refractivity contribution in [1.82, 2.24) is 5.32 Å². The van der Waals surface area contributed by atoms with Gasteiger partial charge in [0.1, 0.15) is 5.82 Å². The number of rotatable bonds is 5. The summed E-state index contributed by atoms with van der Waals surface area (Å²) in [6.45, 7) is 4.87. The maximum absolute atomic E-state index is 13.1. The minimum atomic E-state index is -0.376. The minimum Gasteiger partial charge on any atom is -0.373 e. The maximum Gasteiger partial charge on any atom is 0.141 e. The van der Waals surface area contributed by atoms with Crippen LogP contribution >= 0.6 is 11.6 Å². The normalized spacial score (nSPS) is 23.5. The highest BCUT2D eigenvalue weighted by molar-refractivity contribution is 6.30. The summed E-state index contributed by atoms with van der Waals surface area (Å²) in [5.41, 5.74) is 0.974. The van der Waals surface area contributed by atoms with E-state index in [1.54, 1.807) is 12.1 Å². The van der Waals surface area contributed by atoms with Crippen LogP contribution in [0.4, 0.5) is 4.39 Å². The van der Waals surface area contributed by atoms with Gasteiger partial charge >= 0.3 is 0 Å². The van der Waals surface area contributed by atoms with Crippen LogP contribution in [0.25, 0.3) is 0 Å². The first-order valence-electron chi connectivity index (χ1n) is 6.49. The summed E-state index contributed by atoms with van der Waals surface area (Å²) in [5.74, 6) is 0.0668. The molecular formula is C14H19ClFNO. The van der Waals surface area contributed by atoms with Gasteiger partial charge in [-0.05, 0) is 37.1 Å².